The van der Waals surface area contributed by atoms with Gasteiger partial charge in [0, 0.05) is 16.8 Å². The number of fused-ring (bicyclic) bond motifs is 1. The van der Waals surface area contributed by atoms with Gasteiger partial charge in [-0.3, -0.25) is 5.10 Å². The smallest absolute Gasteiger partial charge is 0.282 e. The topological polar surface area (TPSA) is 41.6 Å². The SMILES string of the molecule is Cc1n[nH]c(C)c1-c1cc(C(F)(F)F)cc2scnc12. The lowest BCUT2D eigenvalue weighted by Crippen LogP contribution is -2.05. The lowest BCUT2D eigenvalue weighted by Gasteiger charge is -2.10. The normalized spacial score (nSPS) is 12.2. The Labute approximate surface area is 116 Å². The van der Waals surface area contributed by atoms with Crippen LogP contribution in [0.25, 0.3) is 21.3 Å². The molecule has 0 unspecified atom stereocenters. The zero-order valence-corrected chi connectivity index (χ0v) is 11.5. The van der Waals surface area contributed by atoms with E-state index in [9.17, 15) is 13.2 Å². The number of thiazole rings is 1. The van der Waals surface area contributed by atoms with Crippen molar-refractivity contribution in [2.75, 3.05) is 0 Å². The molecule has 0 fully saturated rings. The van der Waals surface area contributed by atoms with Crippen LogP contribution >= 0.6 is 11.3 Å². The van der Waals surface area contributed by atoms with Gasteiger partial charge in [-0.1, -0.05) is 0 Å². The van der Waals surface area contributed by atoms with Crippen LogP contribution in [-0.4, -0.2) is 15.2 Å². The lowest BCUT2D eigenvalue weighted by molar-refractivity contribution is -0.137. The number of aromatic nitrogens is 3. The highest BCUT2D eigenvalue weighted by Gasteiger charge is 2.32. The zero-order chi connectivity index (χ0) is 14.5. The monoisotopic (exact) mass is 297 g/mol. The minimum Gasteiger partial charge on any atom is -0.282 e. The number of benzene rings is 1. The zero-order valence-electron chi connectivity index (χ0n) is 10.7. The highest BCUT2D eigenvalue weighted by atomic mass is 32.1. The van der Waals surface area contributed by atoms with E-state index < -0.39 is 11.7 Å². The van der Waals surface area contributed by atoms with Gasteiger partial charge < -0.3 is 0 Å². The molecule has 0 radical (unpaired) electrons. The van der Waals surface area contributed by atoms with Gasteiger partial charge in [-0.05, 0) is 26.0 Å². The van der Waals surface area contributed by atoms with Gasteiger partial charge in [0.25, 0.3) is 0 Å². The molecule has 3 aromatic rings. The van der Waals surface area contributed by atoms with E-state index in [0.717, 1.165) is 17.8 Å². The standard InChI is InChI=1S/C13H10F3N3S/c1-6-11(7(2)19-18-6)9-3-8(13(14,15)16)4-10-12(9)17-5-20-10/h3-5H,1-2H3,(H,18,19). The number of halogens is 3. The molecule has 3 nitrogen and oxygen atoms in total. The Kier molecular flexibility index (Phi) is 2.82. The number of hydrogen-bond acceptors (Lipinski definition) is 3. The molecule has 2 heterocycles. The Morgan fingerprint density at radius 1 is 1.20 bits per heavy atom. The van der Waals surface area contributed by atoms with Gasteiger partial charge in [-0.25, -0.2) is 4.98 Å². The van der Waals surface area contributed by atoms with E-state index in [-0.39, 0.29) is 0 Å². The number of hydrogen-bond donors (Lipinski definition) is 1. The number of alkyl halides is 3. The second kappa shape index (κ2) is 4.31. The summed E-state index contributed by atoms with van der Waals surface area (Å²) in [6.45, 7) is 3.55. The maximum Gasteiger partial charge on any atom is 0.416 e. The van der Waals surface area contributed by atoms with Crippen molar-refractivity contribution in [1.29, 1.82) is 0 Å². The molecule has 0 aliphatic heterocycles. The number of H-pyrrole nitrogens is 1. The maximum atomic E-state index is 13.0. The predicted octanol–water partition coefficient (Wildman–Crippen LogP) is 4.32. The van der Waals surface area contributed by atoms with Crippen molar-refractivity contribution >= 4 is 21.6 Å². The molecule has 0 amide bonds. The molecule has 0 aliphatic carbocycles. The first-order valence-electron chi connectivity index (χ1n) is 5.84. The number of rotatable bonds is 1. The Hall–Kier alpha value is -1.89. The summed E-state index contributed by atoms with van der Waals surface area (Å²) in [7, 11) is 0. The van der Waals surface area contributed by atoms with E-state index >= 15 is 0 Å². The summed E-state index contributed by atoms with van der Waals surface area (Å²) in [5.74, 6) is 0. The van der Waals surface area contributed by atoms with Crippen LogP contribution in [0.15, 0.2) is 17.6 Å². The Morgan fingerprint density at radius 3 is 2.55 bits per heavy atom. The van der Waals surface area contributed by atoms with E-state index in [2.05, 4.69) is 15.2 Å². The molecule has 0 bridgehead atoms. The third-order valence-corrected chi connectivity index (χ3v) is 3.94. The van der Waals surface area contributed by atoms with Gasteiger partial charge >= 0.3 is 6.18 Å². The molecule has 0 aliphatic rings. The fraction of sp³-hybridized carbons (Fsp3) is 0.231. The Morgan fingerprint density at radius 2 is 1.95 bits per heavy atom. The fourth-order valence-corrected chi connectivity index (χ4v) is 3.01. The molecule has 3 rings (SSSR count). The van der Waals surface area contributed by atoms with Crippen molar-refractivity contribution in [2.45, 2.75) is 20.0 Å². The molecule has 0 saturated carbocycles. The molecule has 2 aromatic heterocycles. The maximum absolute atomic E-state index is 13.0. The van der Waals surface area contributed by atoms with Gasteiger partial charge in [0.2, 0.25) is 0 Å². The average molecular weight is 297 g/mol. The first-order chi connectivity index (χ1) is 9.38. The highest BCUT2D eigenvalue weighted by Crippen LogP contribution is 2.39. The summed E-state index contributed by atoms with van der Waals surface area (Å²) in [5, 5.41) is 6.84. The summed E-state index contributed by atoms with van der Waals surface area (Å²) in [6.07, 6.45) is -4.38. The van der Waals surface area contributed by atoms with Gasteiger partial charge in [0.1, 0.15) is 0 Å². The number of nitrogens with one attached hydrogen (secondary N) is 1. The summed E-state index contributed by atoms with van der Waals surface area (Å²) >= 11 is 1.20. The second-order valence-corrected chi connectivity index (χ2v) is 5.42. The first-order valence-corrected chi connectivity index (χ1v) is 6.72. The van der Waals surface area contributed by atoms with Gasteiger partial charge in [-0.15, -0.1) is 11.3 Å². The third-order valence-electron chi connectivity index (χ3n) is 3.16. The Bertz CT molecular complexity index is 766. The average Bonchev–Trinajstić information content (AvgIpc) is 2.94. The van der Waals surface area contributed by atoms with Crippen LogP contribution in [0.3, 0.4) is 0 Å². The summed E-state index contributed by atoms with van der Waals surface area (Å²) in [4.78, 5) is 4.19. The van der Waals surface area contributed by atoms with Crippen molar-refractivity contribution in [1.82, 2.24) is 15.2 Å². The number of aryl methyl sites for hydroxylation is 2. The fourth-order valence-electron chi connectivity index (χ4n) is 2.27. The van der Waals surface area contributed by atoms with Crippen LogP contribution in [0.1, 0.15) is 17.0 Å². The minimum absolute atomic E-state index is 0.472. The van der Waals surface area contributed by atoms with Crippen molar-refractivity contribution in [3.05, 3.63) is 34.6 Å². The van der Waals surface area contributed by atoms with Crippen LogP contribution in [0.2, 0.25) is 0 Å². The van der Waals surface area contributed by atoms with Crippen molar-refractivity contribution in [3.63, 3.8) is 0 Å². The molecule has 20 heavy (non-hydrogen) atoms. The summed E-state index contributed by atoms with van der Waals surface area (Å²) in [5.41, 5.74) is 4.03. The van der Waals surface area contributed by atoms with E-state index in [0.29, 0.717) is 27.0 Å². The molecular formula is C13H10F3N3S. The minimum atomic E-state index is -4.38. The van der Waals surface area contributed by atoms with Crippen molar-refractivity contribution in [3.8, 4) is 11.1 Å². The van der Waals surface area contributed by atoms with E-state index in [1.54, 1.807) is 19.4 Å². The molecule has 1 N–H and O–H groups in total. The third kappa shape index (κ3) is 1.98. The highest BCUT2D eigenvalue weighted by molar-refractivity contribution is 7.16. The van der Waals surface area contributed by atoms with Gasteiger partial charge in [0.15, 0.2) is 0 Å². The molecule has 0 atom stereocenters. The molecular weight excluding hydrogens is 287 g/mol. The van der Waals surface area contributed by atoms with Gasteiger partial charge in [0.05, 0.1) is 27.0 Å². The second-order valence-electron chi connectivity index (χ2n) is 4.53. The van der Waals surface area contributed by atoms with E-state index in [1.807, 2.05) is 0 Å². The number of nitrogens with zero attached hydrogens (tertiary/aromatic N) is 2. The lowest BCUT2D eigenvalue weighted by atomic mass is 10.00. The Balaban J connectivity index is 2.37. The van der Waals surface area contributed by atoms with E-state index in [1.165, 1.54) is 11.3 Å². The van der Waals surface area contributed by atoms with Crippen molar-refractivity contribution < 1.29 is 13.2 Å². The molecule has 7 heteroatoms. The van der Waals surface area contributed by atoms with Crippen LogP contribution in [-0.2, 0) is 6.18 Å². The number of aromatic amines is 1. The van der Waals surface area contributed by atoms with E-state index in [4.69, 9.17) is 0 Å². The van der Waals surface area contributed by atoms with Gasteiger partial charge in [-0.2, -0.15) is 18.3 Å². The summed E-state index contributed by atoms with van der Waals surface area (Å²) < 4.78 is 39.5. The molecule has 104 valence electrons. The first kappa shape index (κ1) is 13.1. The molecule has 0 spiro atoms. The largest absolute Gasteiger partial charge is 0.416 e. The van der Waals surface area contributed by atoms with Crippen LogP contribution in [0.5, 0.6) is 0 Å². The van der Waals surface area contributed by atoms with Crippen LogP contribution < -0.4 is 0 Å². The molecule has 1 aromatic carbocycles. The predicted molar refractivity (Wildman–Crippen MR) is 71.7 cm³/mol. The molecule has 0 saturated heterocycles. The van der Waals surface area contributed by atoms with Crippen LogP contribution in [0.4, 0.5) is 13.2 Å². The van der Waals surface area contributed by atoms with Crippen LogP contribution in [0, 0.1) is 13.8 Å². The van der Waals surface area contributed by atoms with Crippen molar-refractivity contribution in [2.24, 2.45) is 0 Å². The summed E-state index contributed by atoms with van der Waals surface area (Å²) in [6, 6.07) is 2.29. The quantitative estimate of drug-likeness (QED) is 0.726.